The van der Waals surface area contributed by atoms with Crippen LogP contribution < -0.4 is 10.5 Å². The van der Waals surface area contributed by atoms with Crippen LogP contribution in [0.4, 0.5) is 19.0 Å². The molecular weight excluding hydrogens is 283 g/mol. The Morgan fingerprint density at radius 3 is 2.43 bits per heavy atom. The Morgan fingerprint density at radius 1 is 1.19 bits per heavy atom. The maximum Gasteiger partial charge on any atom is 0.573 e. The average molecular weight is 297 g/mol. The Morgan fingerprint density at radius 2 is 1.86 bits per heavy atom. The normalized spacial score (nSPS) is 11.5. The predicted octanol–water partition coefficient (Wildman–Crippen LogP) is 3.50. The van der Waals surface area contributed by atoms with Gasteiger partial charge in [-0.1, -0.05) is 19.1 Å². The van der Waals surface area contributed by atoms with Gasteiger partial charge in [0.05, 0.1) is 5.56 Å². The van der Waals surface area contributed by atoms with Gasteiger partial charge in [0.2, 0.25) is 0 Å². The number of hydrogen-bond donors (Lipinski definition) is 1. The van der Waals surface area contributed by atoms with Crippen LogP contribution >= 0.6 is 0 Å². The van der Waals surface area contributed by atoms with Crippen molar-refractivity contribution in [3.8, 4) is 17.1 Å². The van der Waals surface area contributed by atoms with Crippen LogP contribution in [-0.2, 0) is 6.42 Å². The first kappa shape index (κ1) is 15.1. The van der Waals surface area contributed by atoms with Crippen LogP contribution in [0.3, 0.4) is 0 Å². The fourth-order valence-corrected chi connectivity index (χ4v) is 2.04. The minimum Gasteiger partial charge on any atom is -0.405 e. The molecule has 2 rings (SSSR count). The van der Waals surface area contributed by atoms with E-state index >= 15 is 0 Å². The van der Waals surface area contributed by atoms with Crippen LogP contribution in [0.1, 0.15) is 18.2 Å². The summed E-state index contributed by atoms with van der Waals surface area (Å²) in [6.07, 6.45) is -4.13. The number of anilines is 1. The van der Waals surface area contributed by atoms with Gasteiger partial charge in [0.25, 0.3) is 0 Å². The standard InChI is InChI=1S/C14H14F3N3O/c1-3-9-8(2)19-13(20-12(9)18)10-6-4-5-7-11(10)21-14(15,16)17/h4-7H,3H2,1-2H3,(H2,18,19,20). The van der Waals surface area contributed by atoms with Crippen LogP contribution in [0.2, 0.25) is 0 Å². The highest BCUT2D eigenvalue weighted by molar-refractivity contribution is 5.66. The quantitative estimate of drug-likeness (QED) is 0.942. The summed E-state index contributed by atoms with van der Waals surface area (Å²) in [5.41, 5.74) is 7.40. The van der Waals surface area contributed by atoms with E-state index in [2.05, 4.69) is 14.7 Å². The van der Waals surface area contributed by atoms with Gasteiger partial charge in [-0.25, -0.2) is 9.97 Å². The van der Waals surface area contributed by atoms with E-state index in [4.69, 9.17) is 5.73 Å². The number of aryl methyl sites for hydroxylation is 1. The molecule has 0 aliphatic heterocycles. The molecule has 0 amide bonds. The first-order valence-electron chi connectivity index (χ1n) is 6.30. The molecule has 0 atom stereocenters. The third-order valence-corrected chi connectivity index (χ3v) is 2.95. The minimum atomic E-state index is -4.78. The molecule has 0 fully saturated rings. The highest BCUT2D eigenvalue weighted by atomic mass is 19.4. The van der Waals surface area contributed by atoms with Crippen LogP contribution in [0.25, 0.3) is 11.4 Å². The van der Waals surface area contributed by atoms with Gasteiger partial charge in [-0.15, -0.1) is 13.2 Å². The zero-order valence-corrected chi connectivity index (χ0v) is 11.5. The maximum atomic E-state index is 12.4. The molecule has 0 saturated carbocycles. The minimum absolute atomic E-state index is 0.113. The van der Waals surface area contributed by atoms with Crippen LogP contribution in [0.5, 0.6) is 5.75 Å². The molecular formula is C14H14F3N3O. The molecule has 2 N–H and O–H groups in total. The average Bonchev–Trinajstić information content (AvgIpc) is 2.37. The molecule has 0 aliphatic rings. The second-order valence-electron chi connectivity index (χ2n) is 4.39. The van der Waals surface area contributed by atoms with Crippen molar-refractivity contribution < 1.29 is 17.9 Å². The fraction of sp³-hybridized carbons (Fsp3) is 0.286. The molecule has 1 heterocycles. The summed E-state index contributed by atoms with van der Waals surface area (Å²) < 4.78 is 41.3. The van der Waals surface area contributed by atoms with E-state index in [0.29, 0.717) is 12.1 Å². The number of hydrogen-bond acceptors (Lipinski definition) is 4. The van der Waals surface area contributed by atoms with Crippen molar-refractivity contribution in [2.75, 3.05) is 5.73 Å². The number of rotatable bonds is 3. The lowest BCUT2D eigenvalue weighted by molar-refractivity contribution is -0.274. The highest BCUT2D eigenvalue weighted by Crippen LogP contribution is 2.32. The fourth-order valence-electron chi connectivity index (χ4n) is 2.04. The van der Waals surface area contributed by atoms with Crippen LogP contribution in [0, 0.1) is 6.92 Å². The van der Waals surface area contributed by atoms with Crippen molar-refractivity contribution in [3.63, 3.8) is 0 Å². The van der Waals surface area contributed by atoms with E-state index in [0.717, 1.165) is 5.56 Å². The third kappa shape index (κ3) is 3.42. The summed E-state index contributed by atoms with van der Waals surface area (Å²) in [5, 5.41) is 0. The second-order valence-corrected chi connectivity index (χ2v) is 4.39. The number of nitrogen functional groups attached to an aromatic ring is 1. The predicted molar refractivity (Wildman–Crippen MR) is 72.7 cm³/mol. The number of nitrogens with two attached hydrogens (primary N) is 1. The summed E-state index contributed by atoms with van der Waals surface area (Å²) in [5.74, 6) is 0.0249. The third-order valence-electron chi connectivity index (χ3n) is 2.95. The SMILES string of the molecule is CCc1c(C)nc(-c2ccccc2OC(F)(F)F)nc1N. The number of aromatic nitrogens is 2. The molecule has 1 aromatic heterocycles. The van der Waals surface area contributed by atoms with E-state index in [9.17, 15) is 13.2 Å². The van der Waals surface area contributed by atoms with E-state index in [1.54, 1.807) is 13.0 Å². The van der Waals surface area contributed by atoms with E-state index in [1.807, 2.05) is 6.92 Å². The number of para-hydroxylation sites is 1. The van der Waals surface area contributed by atoms with Gasteiger partial charge in [0, 0.05) is 11.3 Å². The maximum absolute atomic E-state index is 12.4. The summed E-state index contributed by atoms with van der Waals surface area (Å²) in [7, 11) is 0. The molecule has 0 radical (unpaired) electrons. The van der Waals surface area contributed by atoms with Crippen molar-refractivity contribution in [2.24, 2.45) is 0 Å². The molecule has 0 spiro atoms. The zero-order valence-electron chi connectivity index (χ0n) is 11.5. The number of alkyl halides is 3. The number of ether oxygens (including phenoxy) is 1. The Balaban J connectivity index is 2.52. The Bertz CT molecular complexity index is 633. The van der Waals surface area contributed by atoms with Crippen molar-refractivity contribution in [2.45, 2.75) is 26.6 Å². The summed E-state index contributed by atoms with van der Waals surface area (Å²) in [6, 6.07) is 5.70. The van der Waals surface area contributed by atoms with Crippen LogP contribution in [0.15, 0.2) is 24.3 Å². The number of nitrogens with zero attached hydrogens (tertiary/aromatic N) is 2. The molecule has 0 aliphatic carbocycles. The smallest absolute Gasteiger partial charge is 0.405 e. The summed E-state index contributed by atoms with van der Waals surface area (Å²) in [4.78, 5) is 8.31. The molecule has 7 heteroatoms. The van der Waals surface area contributed by atoms with Gasteiger partial charge in [0.15, 0.2) is 5.82 Å². The van der Waals surface area contributed by atoms with Gasteiger partial charge < -0.3 is 10.5 Å². The highest BCUT2D eigenvalue weighted by Gasteiger charge is 2.32. The molecule has 1 aromatic carbocycles. The second kappa shape index (κ2) is 5.59. The molecule has 2 aromatic rings. The molecule has 0 unspecified atom stereocenters. The van der Waals surface area contributed by atoms with Gasteiger partial charge in [0.1, 0.15) is 11.6 Å². The van der Waals surface area contributed by atoms with E-state index in [1.165, 1.54) is 18.2 Å². The topological polar surface area (TPSA) is 61.0 Å². The summed E-state index contributed by atoms with van der Waals surface area (Å²) in [6.45, 7) is 3.65. The molecule has 4 nitrogen and oxygen atoms in total. The molecule has 0 saturated heterocycles. The van der Waals surface area contributed by atoms with E-state index in [-0.39, 0.29) is 23.0 Å². The zero-order chi connectivity index (χ0) is 15.6. The van der Waals surface area contributed by atoms with E-state index < -0.39 is 6.36 Å². The van der Waals surface area contributed by atoms with Gasteiger partial charge in [-0.2, -0.15) is 0 Å². The first-order chi connectivity index (χ1) is 9.81. The lowest BCUT2D eigenvalue weighted by Gasteiger charge is -2.14. The van der Waals surface area contributed by atoms with Gasteiger partial charge in [-0.3, -0.25) is 0 Å². The van der Waals surface area contributed by atoms with Gasteiger partial charge in [-0.05, 0) is 25.5 Å². The van der Waals surface area contributed by atoms with Crippen molar-refractivity contribution in [3.05, 3.63) is 35.5 Å². The van der Waals surface area contributed by atoms with Crippen LogP contribution in [-0.4, -0.2) is 16.3 Å². The lowest BCUT2D eigenvalue weighted by atomic mass is 10.1. The van der Waals surface area contributed by atoms with Crippen molar-refractivity contribution in [1.82, 2.24) is 9.97 Å². The molecule has 0 bridgehead atoms. The lowest BCUT2D eigenvalue weighted by Crippen LogP contribution is -2.18. The van der Waals surface area contributed by atoms with Crippen molar-refractivity contribution >= 4 is 5.82 Å². The molecule has 112 valence electrons. The number of halogens is 3. The Kier molecular flexibility index (Phi) is 4.02. The largest absolute Gasteiger partial charge is 0.573 e. The Labute approximate surface area is 119 Å². The van der Waals surface area contributed by atoms with Crippen molar-refractivity contribution in [1.29, 1.82) is 0 Å². The Hall–Kier alpha value is -2.31. The molecule has 21 heavy (non-hydrogen) atoms. The summed E-state index contributed by atoms with van der Waals surface area (Å²) >= 11 is 0. The first-order valence-corrected chi connectivity index (χ1v) is 6.30. The van der Waals surface area contributed by atoms with Gasteiger partial charge >= 0.3 is 6.36 Å². The number of benzene rings is 1. The monoisotopic (exact) mass is 297 g/mol.